The lowest BCUT2D eigenvalue weighted by Crippen LogP contribution is -2.37. The molecule has 0 saturated carbocycles. The first kappa shape index (κ1) is 21.3. The van der Waals surface area contributed by atoms with Gasteiger partial charge in [-0.1, -0.05) is 88.1 Å². The van der Waals surface area contributed by atoms with Gasteiger partial charge in [0.05, 0.1) is 13.2 Å². The van der Waals surface area contributed by atoms with Crippen molar-refractivity contribution in [1.82, 2.24) is 0 Å². The van der Waals surface area contributed by atoms with E-state index in [1.165, 1.54) is 0 Å². The minimum Gasteiger partial charge on any atom is -0.308 e. The van der Waals surface area contributed by atoms with E-state index in [2.05, 4.69) is 13.8 Å². The maximum Gasteiger partial charge on any atom is 0.359 e. The number of hydrogen-bond acceptors (Lipinski definition) is 4. The Labute approximate surface area is 169 Å². The largest absolute Gasteiger partial charge is 0.359 e. The third-order valence-corrected chi connectivity index (χ3v) is 7.81. The highest BCUT2D eigenvalue weighted by atomic mass is 31.2. The van der Waals surface area contributed by atoms with Crippen LogP contribution in [-0.2, 0) is 18.9 Å². The van der Waals surface area contributed by atoms with Gasteiger partial charge in [0, 0.05) is 0 Å². The normalized spacial score (nSPS) is 14.7. The number of unbranched alkanes of at least 4 members (excludes halogenated alkanes) is 4. The van der Waals surface area contributed by atoms with Crippen molar-refractivity contribution in [1.29, 1.82) is 0 Å². The summed E-state index contributed by atoms with van der Waals surface area (Å²) in [5.41, 5.74) is 10.6. The molecule has 0 heterocycles. The fourth-order valence-corrected chi connectivity index (χ4v) is 6.06. The minimum atomic E-state index is -3.65. The van der Waals surface area contributed by atoms with Gasteiger partial charge in [0.25, 0.3) is 0 Å². The number of rotatable bonds is 11. The fourth-order valence-electron chi connectivity index (χ4n) is 3.86. The Hall–Kier alpha value is -1.45. The van der Waals surface area contributed by atoms with Crippen molar-refractivity contribution in [3.63, 3.8) is 0 Å². The van der Waals surface area contributed by atoms with Crippen LogP contribution < -0.4 is 5.73 Å². The summed E-state index contributed by atoms with van der Waals surface area (Å²) in [4.78, 5) is 0. The lowest BCUT2D eigenvalue weighted by molar-refractivity contribution is 0.183. The summed E-state index contributed by atoms with van der Waals surface area (Å²) in [5, 5.41) is -1.28. The molecule has 0 atom stereocenters. The minimum absolute atomic E-state index is 0.391. The SMILES string of the molecule is CCCCCOP(=O)(OCCCCC)C1(N)c2ccccc2-c2ccccc21. The first-order chi connectivity index (χ1) is 13.6. The molecule has 0 fully saturated rings. The van der Waals surface area contributed by atoms with E-state index in [9.17, 15) is 4.57 Å². The van der Waals surface area contributed by atoms with Crippen LogP contribution in [0, 0.1) is 0 Å². The molecule has 4 nitrogen and oxygen atoms in total. The van der Waals surface area contributed by atoms with Gasteiger partial charge in [0.2, 0.25) is 0 Å². The van der Waals surface area contributed by atoms with Crippen LogP contribution in [-0.4, -0.2) is 13.2 Å². The van der Waals surface area contributed by atoms with E-state index in [0.717, 1.165) is 60.8 Å². The van der Waals surface area contributed by atoms with E-state index in [1.807, 2.05) is 48.5 Å². The van der Waals surface area contributed by atoms with E-state index in [4.69, 9.17) is 14.8 Å². The molecule has 1 aliphatic carbocycles. The average Bonchev–Trinajstić information content (AvgIpc) is 3.00. The maximum absolute atomic E-state index is 14.2. The Kier molecular flexibility index (Phi) is 7.11. The van der Waals surface area contributed by atoms with Crippen molar-refractivity contribution in [2.45, 2.75) is 57.7 Å². The quantitative estimate of drug-likeness (QED) is 0.348. The third-order valence-electron chi connectivity index (χ3n) is 5.42. The van der Waals surface area contributed by atoms with Gasteiger partial charge in [0.15, 0.2) is 5.28 Å². The van der Waals surface area contributed by atoms with Crippen LogP contribution in [0.15, 0.2) is 48.5 Å². The van der Waals surface area contributed by atoms with Crippen molar-refractivity contribution >= 4 is 7.60 Å². The van der Waals surface area contributed by atoms with Crippen molar-refractivity contribution in [3.8, 4) is 11.1 Å². The van der Waals surface area contributed by atoms with Crippen LogP contribution in [0.3, 0.4) is 0 Å². The van der Waals surface area contributed by atoms with Gasteiger partial charge in [-0.05, 0) is 35.1 Å². The monoisotopic (exact) mass is 401 g/mol. The van der Waals surface area contributed by atoms with E-state index in [0.29, 0.717) is 13.2 Å². The van der Waals surface area contributed by atoms with Crippen molar-refractivity contribution in [3.05, 3.63) is 59.7 Å². The summed E-state index contributed by atoms with van der Waals surface area (Å²) >= 11 is 0. The van der Waals surface area contributed by atoms with Gasteiger partial charge in [-0.3, -0.25) is 4.57 Å². The second kappa shape index (κ2) is 9.37. The van der Waals surface area contributed by atoms with E-state index in [1.54, 1.807) is 0 Å². The molecular formula is C23H32NO3P. The zero-order chi connectivity index (χ0) is 20.0. The summed E-state index contributed by atoms with van der Waals surface area (Å²) in [7, 11) is -3.65. The molecule has 3 rings (SSSR count). The van der Waals surface area contributed by atoms with Gasteiger partial charge in [-0.15, -0.1) is 0 Å². The van der Waals surface area contributed by atoms with Crippen LogP contribution in [0.4, 0.5) is 0 Å². The van der Waals surface area contributed by atoms with Crippen LogP contribution in [0.25, 0.3) is 11.1 Å². The molecule has 2 aromatic rings. The van der Waals surface area contributed by atoms with Gasteiger partial charge in [0.1, 0.15) is 0 Å². The summed E-state index contributed by atoms with van der Waals surface area (Å²) < 4.78 is 26.3. The number of hydrogen-bond donors (Lipinski definition) is 1. The summed E-state index contributed by atoms with van der Waals surface area (Å²) in [6.45, 7) is 5.05. The Bertz CT molecular complexity index is 775. The lowest BCUT2D eigenvalue weighted by atomic mass is 10.1. The van der Waals surface area contributed by atoms with Crippen LogP contribution in [0.1, 0.15) is 63.5 Å². The first-order valence-electron chi connectivity index (χ1n) is 10.5. The summed E-state index contributed by atoms with van der Waals surface area (Å²) in [5.74, 6) is 0. The smallest absolute Gasteiger partial charge is 0.308 e. The van der Waals surface area contributed by atoms with Crippen molar-refractivity contribution in [2.24, 2.45) is 5.73 Å². The molecule has 0 amide bonds. The van der Waals surface area contributed by atoms with E-state index >= 15 is 0 Å². The zero-order valence-corrected chi connectivity index (χ0v) is 17.9. The molecule has 2 aromatic carbocycles. The number of benzene rings is 2. The molecule has 0 aliphatic heterocycles. The zero-order valence-electron chi connectivity index (χ0n) is 17.0. The molecule has 0 unspecified atom stereocenters. The third kappa shape index (κ3) is 3.84. The molecule has 152 valence electrons. The summed E-state index contributed by atoms with van der Waals surface area (Å²) in [6, 6.07) is 15.8. The Balaban J connectivity index is 2.01. The number of nitrogens with two attached hydrogens (primary N) is 1. The highest BCUT2D eigenvalue weighted by Gasteiger charge is 2.56. The highest BCUT2D eigenvalue weighted by Crippen LogP contribution is 2.69. The molecule has 0 bridgehead atoms. The second-order valence-electron chi connectivity index (χ2n) is 7.44. The lowest BCUT2D eigenvalue weighted by Gasteiger charge is -2.34. The molecular weight excluding hydrogens is 369 g/mol. The van der Waals surface area contributed by atoms with Gasteiger partial charge in [-0.25, -0.2) is 0 Å². The van der Waals surface area contributed by atoms with Crippen molar-refractivity contribution < 1.29 is 13.6 Å². The summed E-state index contributed by atoms with van der Waals surface area (Å²) in [6.07, 6.45) is 5.90. The van der Waals surface area contributed by atoms with E-state index < -0.39 is 12.9 Å². The fraction of sp³-hybridized carbons (Fsp3) is 0.478. The standard InChI is InChI=1S/C23H32NO3P/c1-3-5-11-17-26-28(25,27-18-12-6-4-2)23(24)21-15-9-7-13-19(21)20-14-8-10-16-22(20)23/h7-10,13-16H,3-6,11-12,17-18,24H2,1-2H3. The topological polar surface area (TPSA) is 61.5 Å². The molecule has 2 N–H and O–H groups in total. The molecule has 0 radical (unpaired) electrons. The van der Waals surface area contributed by atoms with Crippen LogP contribution >= 0.6 is 7.60 Å². The molecule has 1 aliphatic rings. The maximum atomic E-state index is 14.2. The predicted molar refractivity (Wildman–Crippen MR) is 115 cm³/mol. The molecule has 0 aromatic heterocycles. The number of fused-ring (bicyclic) bond motifs is 3. The highest BCUT2D eigenvalue weighted by molar-refractivity contribution is 7.55. The molecule has 5 heteroatoms. The van der Waals surface area contributed by atoms with E-state index in [-0.39, 0.29) is 0 Å². The second-order valence-corrected chi connectivity index (χ2v) is 9.65. The van der Waals surface area contributed by atoms with Gasteiger partial charge >= 0.3 is 7.60 Å². The molecule has 0 spiro atoms. The Morgan fingerprint density at radius 1 is 0.786 bits per heavy atom. The Morgan fingerprint density at radius 3 is 1.64 bits per heavy atom. The van der Waals surface area contributed by atoms with Gasteiger partial charge < -0.3 is 14.8 Å². The predicted octanol–water partition coefficient (Wildman–Crippen LogP) is 6.43. The molecule has 28 heavy (non-hydrogen) atoms. The first-order valence-corrected chi connectivity index (χ1v) is 12.0. The van der Waals surface area contributed by atoms with Gasteiger partial charge in [-0.2, -0.15) is 0 Å². The van der Waals surface area contributed by atoms with Crippen LogP contribution in [0.2, 0.25) is 0 Å². The Morgan fingerprint density at radius 2 is 1.21 bits per heavy atom. The average molecular weight is 401 g/mol. The van der Waals surface area contributed by atoms with Crippen molar-refractivity contribution in [2.75, 3.05) is 13.2 Å². The molecule has 0 saturated heterocycles. The van der Waals surface area contributed by atoms with Crippen LogP contribution in [0.5, 0.6) is 0 Å².